The van der Waals surface area contributed by atoms with Crippen molar-refractivity contribution in [2.75, 3.05) is 6.54 Å². The lowest BCUT2D eigenvalue weighted by Crippen LogP contribution is -2.35. The van der Waals surface area contributed by atoms with Gasteiger partial charge in [0.1, 0.15) is 6.10 Å². The van der Waals surface area contributed by atoms with Crippen LogP contribution >= 0.6 is 0 Å². The lowest BCUT2D eigenvalue weighted by Gasteiger charge is -2.15. The molecule has 1 aromatic heterocycles. The van der Waals surface area contributed by atoms with E-state index in [1.807, 2.05) is 48.9 Å². The second-order valence-electron chi connectivity index (χ2n) is 6.25. The van der Waals surface area contributed by atoms with Crippen LogP contribution in [0.2, 0.25) is 0 Å². The van der Waals surface area contributed by atoms with Gasteiger partial charge in [0.15, 0.2) is 0 Å². The van der Waals surface area contributed by atoms with E-state index in [2.05, 4.69) is 10.4 Å². The van der Waals surface area contributed by atoms with Gasteiger partial charge in [-0.15, -0.1) is 0 Å². The highest BCUT2D eigenvalue weighted by Crippen LogP contribution is 2.20. The molecule has 1 aromatic carbocycles. The smallest absolute Gasteiger partial charge is 0.249 e. The fraction of sp³-hybridized carbons (Fsp3) is 0.444. The summed E-state index contributed by atoms with van der Waals surface area (Å²) in [5.41, 5.74) is 9.63. The number of nitrogens with zero attached hydrogens (tertiary/aromatic N) is 2. The summed E-state index contributed by atoms with van der Waals surface area (Å²) in [5, 5.41) is 7.51. The van der Waals surface area contributed by atoms with E-state index >= 15 is 0 Å². The minimum absolute atomic E-state index is 0.00253. The van der Waals surface area contributed by atoms with Crippen LogP contribution < -0.4 is 11.1 Å². The molecule has 6 nitrogen and oxygen atoms in total. The van der Waals surface area contributed by atoms with Gasteiger partial charge < -0.3 is 15.8 Å². The van der Waals surface area contributed by atoms with Gasteiger partial charge in [-0.05, 0) is 44.4 Å². The second kappa shape index (κ2) is 7.15. The van der Waals surface area contributed by atoms with Crippen LogP contribution in [0.25, 0.3) is 5.69 Å². The minimum Gasteiger partial charge on any atom is -0.364 e. The highest BCUT2D eigenvalue weighted by molar-refractivity contribution is 5.81. The van der Waals surface area contributed by atoms with Gasteiger partial charge in [0.05, 0.1) is 17.5 Å². The molecule has 1 amide bonds. The molecule has 0 unspecified atom stereocenters. The molecule has 0 radical (unpaired) electrons. The number of rotatable bonds is 5. The molecule has 1 saturated heterocycles. The van der Waals surface area contributed by atoms with Gasteiger partial charge >= 0.3 is 0 Å². The first-order chi connectivity index (χ1) is 11.6. The molecular formula is C18H24N4O2. The lowest BCUT2D eigenvalue weighted by atomic mass is 10.1. The summed E-state index contributed by atoms with van der Waals surface area (Å²) >= 11 is 0. The van der Waals surface area contributed by atoms with Crippen LogP contribution in [0, 0.1) is 13.8 Å². The molecular weight excluding hydrogens is 304 g/mol. The SMILES string of the molecule is Cc1cc(C)n(-c2ccccc2CNC(=O)[C@@H]2CC[C@H](CN)O2)n1. The Hall–Kier alpha value is -2.18. The third-order valence-corrected chi connectivity index (χ3v) is 4.35. The molecule has 1 fully saturated rings. The summed E-state index contributed by atoms with van der Waals surface area (Å²) in [6.07, 6.45) is 1.19. The standard InChI is InChI=1S/C18H24N4O2/c1-12-9-13(2)22(21-12)16-6-4-3-5-14(16)11-20-18(23)17-8-7-15(10-19)24-17/h3-6,9,15,17H,7-8,10-11,19H2,1-2H3,(H,20,23)/t15-,17+/m1/s1. The maximum Gasteiger partial charge on any atom is 0.249 e. The summed E-state index contributed by atoms with van der Waals surface area (Å²) in [4.78, 5) is 12.3. The van der Waals surface area contributed by atoms with Crippen molar-refractivity contribution < 1.29 is 9.53 Å². The first-order valence-corrected chi connectivity index (χ1v) is 8.33. The number of amides is 1. The molecule has 0 spiro atoms. The molecule has 0 saturated carbocycles. The number of benzene rings is 1. The van der Waals surface area contributed by atoms with E-state index in [0.29, 0.717) is 13.1 Å². The van der Waals surface area contributed by atoms with Crippen molar-refractivity contribution in [1.29, 1.82) is 0 Å². The van der Waals surface area contributed by atoms with Crippen LogP contribution in [-0.4, -0.2) is 34.4 Å². The molecule has 6 heteroatoms. The summed E-state index contributed by atoms with van der Waals surface area (Å²) in [7, 11) is 0. The van der Waals surface area contributed by atoms with Crippen LogP contribution in [0.1, 0.15) is 29.8 Å². The van der Waals surface area contributed by atoms with Gasteiger partial charge in [-0.25, -0.2) is 4.68 Å². The van der Waals surface area contributed by atoms with Gasteiger partial charge in [0.2, 0.25) is 5.91 Å². The van der Waals surface area contributed by atoms with Gasteiger partial charge in [0.25, 0.3) is 0 Å². The number of aryl methyl sites for hydroxylation is 2. The third kappa shape index (κ3) is 3.49. The molecule has 3 N–H and O–H groups in total. The molecule has 2 aromatic rings. The zero-order valence-corrected chi connectivity index (χ0v) is 14.2. The van der Waals surface area contributed by atoms with Crippen LogP contribution in [0.4, 0.5) is 0 Å². The molecule has 24 heavy (non-hydrogen) atoms. The lowest BCUT2D eigenvalue weighted by molar-refractivity contribution is -0.132. The van der Waals surface area contributed by atoms with Crippen molar-refractivity contribution in [3.8, 4) is 5.69 Å². The number of carbonyl (C=O) groups is 1. The van der Waals surface area contributed by atoms with Crippen molar-refractivity contribution in [2.24, 2.45) is 5.73 Å². The zero-order chi connectivity index (χ0) is 17.1. The van der Waals surface area contributed by atoms with Crippen LogP contribution in [0.3, 0.4) is 0 Å². The maximum absolute atomic E-state index is 12.3. The number of nitrogens with two attached hydrogens (primary N) is 1. The van der Waals surface area contributed by atoms with Crippen molar-refractivity contribution in [3.05, 3.63) is 47.3 Å². The van der Waals surface area contributed by atoms with Gasteiger partial charge in [-0.2, -0.15) is 5.10 Å². The minimum atomic E-state index is -0.389. The molecule has 0 bridgehead atoms. The van der Waals surface area contributed by atoms with Crippen molar-refractivity contribution in [2.45, 2.75) is 45.4 Å². The number of hydrogen-bond acceptors (Lipinski definition) is 4. The largest absolute Gasteiger partial charge is 0.364 e. The van der Waals surface area contributed by atoms with Gasteiger partial charge in [-0.3, -0.25) is 4.79 Å². The maximum atomic E-state index is 12.3. The Labute approximate surface area is 142 Å². The molecule has 2 heterocycles. The molecule has 3 rings (SSSR count). The number of aromatic nitrogens is 2. The number of para-hydroxylation sites is 1. The molecule has 1 aliphatic heterocycles. The van der Waals surface area contributed by atoms with E-state index in [1.54, 1.807) is 0 Å². The van der Waals surface area contributed by atoms with Crippen LogP contribution in [-0.2, 0) is 16.1 Å². The number of hydrogen-bond donors (Lipinski definition) is 2. The number of carbonyl (C=O) groups excluding carboxylic acids is 1. The molecule has 2 atom stereocenters. The first kappa shape index (κ1) is 16.7. The van der Waals surface area contributed by atoms with Crippen LogP contribution in [0.5, 0.6) is 0 Å². The van der Waals surface area contributed by atoms with Gasteiger partial charge in [-0.1, -0.05) is 18.2 Å². The quantitative estimate of drug-likeness (QED) is 0.874. The monoisotopic (exact) mass is 328 g/mol. The average Bonchev–Trinajstić information content (AvgIpc) is 3.19. The number of nitrogens with one attached hydrogen (secondary N) is 1. The Morgan fingerprint density at radius 2 is 2.17 bits per heavy atom. The van der Waals surface area contributed by atoms with Crippen molar-refractivity contribution in [3.63, 3.8) is 0 Å². The van der Waals surface area contributed by atoms with E-state index in [1.165, 1.54) is 0 Å². The summed E-state index contributed by atoms with van der Waals surface area (Å²) in [6, 6.07) is 9.99. The summed E-state index contributed by atoms with van der Waals surface area (Å²) in [5.74, 6) is -0.0749. The zero-order valence-electron chi connectivity index (χ0n) is 14.2. The fourth-order valence-electron chi connectivity index (χ4n) is 3.11. The predicted molar refractivity (Wildman–Crippen MR) is 91.8 cm³/mol. The van der Waals surface area contributed by atoms with E-state index in [0.717, 1.165) is 35.5 Å². The van der Waals surface area contributed by atoms with Crippen LogP contribution in [0.15, 0.2) is 30.3 Å². The van der Waals surface area contributed by atoms with Crippen molar-refractivity contribution >= 4 is 5.91 Å². The highest BCUT2D eigenvalue weighted by atomic mass is 16.5. The Morgan fingerprint density at radius 3 is 2.83 bits per heavy atom. The fourth-order valence-corrected chi connectivity index (χ4v) is 3.11. The van der Waals surface area contributed by atoms with E-state index in [9.17, 15) is 4.79 Å². The number of ether oxygens (including phenoxy) is 1. The van der Waals surface area contributed by atoms with E-state index < -0.39 is 0 Å². The molecule has 0 aliphatic carbocycles. The summed E-state index contributed by atoms with van der Waals surface area (Å²) in [6.45, 7) is 4.90. The topological polar surface area (TPSA) is 82.2 Å². The normalized spacial score (nSPS) is 20.3. The van der Waals surface area contributed by atoms with Gasteiger partial charge in [0, 0.05) is 18.8 Å². The van der Waals surface area contributed by atoms with E-state index in [-0.39, 0.29) is 18.1 Å². The Morgan fingerprint density at radius 1 is 1.38 bits per heavy atom. The average molecular weight is 328 g/mol. The Balaban J connectivity index is 1.70. The Bertz CT molecular complexity index is 726. The highest BCUT2D eigenvalue weighted by Gasteiger charge is 2.29. The Kier molecular flexibility index (Phi) is 4.97. The first-order valence-electron chi connectivity index (χ1n) is 8.33. The van der Waals surface area contributed by atoms with Crippen molar-refractivity contribution in [1.82, 2.24) is 15.1 Å². The third-order valence-electron chi connectivity index (χ3n) is 4.35. The van der Waals surface area contributed by atoms with E-state index in [4.69, 9.17) is 10.5 Å². The predicted octanol–water partition coefficient (Wildman–Crippen LogP) is 1.61. The second-order valence-corrected chi connectivity index (χ2v) is 6.25. The molecule has 128 valence electrons. The molecule has 1 aliphatic rings. The summed E-state index contributed by atoms with van der Waals surface area (Å²) < 4.78 is 7.55.